The average Bonchev–Trinajstić information content (AvgIpc) is 2.93. The Hall–Kier alpha value is -0.530. The first-order valence-electron chi connectivity index (χ1n) is 5.88. The minimum absolute atomic E-state index is 0.555. The quantitative estimate of drug-likeness (QED) is 0.804. The molecule has 0 spiro atoms. The minimum Gasteiger partial charge on any atom is -0.310 e. The van der Waals surface area contributed by atoms with Crippen LogP contribution in [0.5, 0.6) is 0 Å². The van der Waals surface area contributed by atoms with Crippen LogP contribution in [-0.2, 0) is 0 Å². The largest absolute Gasteiger partial charge is 0.310 e. The molecule has 2 aliphatic rings. The van der Waals surface area contributed by atoms with E-state index in [1.165, 1.54) is 36.8 Å². The Balaban J connectivity index is 2.00. The number of benzene rings is 1. The summed E-state index contributed by atoms with van der Waals surface area (Å²) in [6, 6.07) is 6.93. The van der Waals surface area contributed by atoms with Gasteiger partial charge >= 0.3 is 0 Å². The van der Waals surface area contributed by atoms with E-state index in [2.05, 4.69) is 17.4 Å². The molecule has 1 nitrogen and oxygen atoms in total. The first-order chi connectivity index (χ1) is 7.36. The third-order valence-corrected chi connectivity index (χ3v) is 3.84. The number of hydrogen-bond donors (Lipinski definition) is 1. The Kier molecular flexibility index (Phi) is 2.45. The van der Waals surface area contributed by atoms with Gasteiger partial charge in [0.15, 0.2) is 0 Å². The maximum absolute atomic E-state index is 6.32. The standard InChI is InChI=1S/C13H16ClN/c14-11-4-1-3-10(12-5-2-8-15-12)13(11)9-6-7-9/h1,3-4,9,12,15H,2,5-8H2/t12-/m0/s1. The summed E-state index contributed by atoms with van der Waals surface area (Å²) in [5.74, 6) is 0.746. The first-order valence-corrected chi connectivity index (χ1v) is 6.26. The van der Waals surface area contributed by atoms with E-state index >= 15 is 0 Å². The fraction of sp³-hybridized carbons (Fsp3) is 0.538. The van der Waals surface area contributed by atoms with Crippen LogP contribution >= 0.6 is 11.6 Å². The molecule has 0 bridgehead atoms. The van der Waals surface area contributed by atoms with E-state index in [9.17, 15) is 0 Å². The maximum atomic E-state index is 6.32. The molecular formula is C13H16ClN. The SMILES string of the molecule is Clc1cccc([C@@H]2CCCN2)c1C1CC1. The average molecular weight is 222 g/mol. The lowest BCUT2D eigenvalue weighted by atomic mass is 9.96. The molecule has 80 valence electrons. The zero-order chi connectivity index (χ0) is 10.3. The summed E-state index contributed by atoms with van der Waals surface area (Å²) >= 11 is 6.32. The van der Waals surface area contributed by atoms with Crippen LogP contribution < -0.4 is 5.32 Å². The van der Waals surface area contributed by atoms with E-state index in [4.69, 9.17) is 11.6 Å². The summed E-state index contributed by atoms with van der Waals surface area (Å²) in [6.45, 7) is 1.15. The van der Waals surface area contributed by atoms with Gasteiger partial charge in [-0.25, -0.2) is 0 Å². The van der Waals surface area contributed by atoms with E-state index in [0.29, 0.717) is 6.04 Å². The first kappa shape index (κ1) is 9.68. The molecule has 0 aromatic heterocycles. The molecule has 0 unspecified atom stereocenters. The van der Waals surface area contributed by atoms with Crippen LogP contribution in [0.2, 0.25) is 5.02 Å². The lowest BCUT2D eigenvalue weighted by Crippen LogP contribution is -2.14. The molecule has 1 saturated carbocycles. The van der Waals surface area contributed by atoms with Crippen LogP contribution in [0.25, 0.3) is 0 Å². The highest BCUT2D eigenvalue weighted by Crippen LogP contribution is 2.46. The second kappa shape index (κ2) is 3.80. The van der Waals surface area contributed by atoms with E-state index in [1.807, 2.05) is 6.07 Å². The van der Waals surface area contributed by atoms with Crippen molar-refractivity contribution in [1.82, 2.24) is 5.32 Å². The van der Waals surface area contributed by atoms with Crippen molar-refractivity contribution in [3.63, 3.8) is 0 Å². The summed E-state index contributed by atoms with van der Waals surface area (Å²) in [6.07, 6.45) is 5.20. The smallest absolute Gasteiger partial charge is 0.0444 e. The second-order valence-electron chi connectivity index (χ2n) is 4.67. The van der Waals surface area contributed by atoms with Crippen LogP contribution in [-0.4, -0.2) is 6.54 Å². The maximum Gasteiger partial charge on any atom is 0.0444 e. The van der Waals surface area contributed by atoms with Crippen molar-refractivity contribution >= 4 is 11.6 Å². The Bertz CT molecular complexity index is 365. The van der Waals surface area contributed by atoms with Crippen LogP contribution in [0.1, 0.15) is 48.8 Å². The summed E-state index contributed by atoms with van der Waals surface area (Å²) in [5.41, 5.74) is 2.89. The molecule has 1 aliphatic heterocycles. The van der Waals surface area contributed by atoms with Crippen LogP contribution in [0, 0.1) is 0 Å². The van der Waals surface area contributed by atoms with E-state index in [0.717, 1.165) is 17.5 Å². The van der Waals surface area contributed by atoms with Gasteiger partial charge in [-0.05, 0) is 55.3 Å². The van der Waals surface area contributed by atoms with Crippen molar-refractivity contribution in [3.05, 3.63) is 34.3 Å². The molecule has 1 aliphatic carbocycles. The molecule has 0 amide bonds. The molecule has 1 heterocycles. The molecular weight excluding hydrogens is 206 g/mol. The van der Waals surface area contributed by atoms with Crippen molar-refractivity contribution in [1.29, 1.82) is 0 Å². The van der Waals surface area contributed by atoms with Gasteiger partial charge in [0.05, 0.1) is 0 Å². The van der Waals surface area contributed by atoms with E-state index in [-0.39, 0.29) is 0 Å². The van der Waals surface area contributed by atoms with Crippen LogP contribution in [0.15, 0.2) is 18.2 Å². The summed E-state index contributed by atoms with van der Waals surface area (Å²) < 4.78 is 0. The topological polar surface area (TPSA) is 12.0 Å². The minimum atomic E-state index is 0.555. The lowest BCUT2D eigenvalue weighted by Gasteiger charge is -2.16. The monoisotopic (exact) mass is 221 g/mol. The predicted molar refractivity (Wildman–Crippen MR) is 63.4 cm³/mol. The highest BCUT2D eigenvalue weighted by molar-refractivity contribution is 6.31. The van der Waals surface area contributed by atoms with Crippen LogP contribution in [0.4, 0.5) is 0 Å². The molecule has 2 fully saturated rings. The van der Waals surface area contributed by atoms with Gasteiger partial charge in [-0.15, -0.1) is 0 Å². The fourth-order valence-electron chi connectivity index (χ4n) is 2.61. The molecule has 3 rings (SSSR count). The Morgan fingerprint density at radius 1 is 1.20 bits per heavy atom. The lowest BCUT2D eigenvalue weighted by molar-refractivity contribution is 0.640. The van der Waals surface area contributed by atoms with Gasteiger partial charge in [-0.2, -0.15) is 0 Å². The third-order valence-electron chi connectivity index (χ3n) is 3.51. The molecule has 1 aromatic rings. The molecule has 1 N–H and O–H groups in total. The summed E-state index contributed by atoms with van der Waals surface area (Å²) in [5, 5.41) is 4.54. The zero-order valence-electron chi connectivity index (χ0n) is 8.80. The van der Waals surface area contributed by atoms with Gasteiger partial charge < -0.3 is 5.32 Å². The highest BCUT2D eigenvalue weighted by Gasteiger charge is 2.31. The molecule has 1 saturated heterocycles. The highest BCUT2D eigenvalue weighted by atomic mass is 35.5. The summed E-state index contributed by atoms with van der Waals surface area (Å²) in [7, 11) is 0. The zero-order valence-corrected chi connectivity index (χ0v) is 9.56. The molecule has 2 heteroatoms. The van der Waals surface area contributed by atoms with Crippen molar-refractivity contribution in [2.75, 3.05) is 6.54 Å². The van der Waals surface area contributed by atoms with Gasteiger partial charge in [-0.3, -0.25) is 0 Å². The summed E-state index contributed by atoms with van der Waals surface area (Å²) in [4.78, 5) is 0. The van der Waals surface area contributed by atoms with Crippen molar-refractivity contribution in [2.45, 2.75) is 37.6 Å². The molecule has 1 atom stereocenters. The number of rotatable bonds is 2. The van der Waals surface area contributed by atoms with Crippen molar-refractivity contribution in [2.24, 2.45) is 0 Å². The number of nitrogens with one attached hydrogen (secondary N) is 1. The van der Waals surface area contributed by atoms with Crippen LogP contribution in [0.3, 0.4) is 0 Å². The van der Waals surface area contributed by atoms with E-state index in [1.54, 1.807) is 0 Å². The van der Waals surface area contributed by atoms with Crippen molar-refractivity contribution in [3.8, 4) is 0 Å². The Morgan fingerprint density at radius 2 is 2.07 bits per heavy atom. The fourth-order valence-corrected chi connectivity index (χ4v) is 2.95. The predicted octanol–water partition coefficient (Wildman–Crippen LogP) is 3.64. The molecule has 15 heavy (non-hydrogen) atoms. The number of halogens is 1. The molecule has 0 radical (unpaired) electrons. The number of hydrogen-bond acceptors (Lipinski definition) is 1. The Labute approximate surface area is 95.8 Å². The second-order valence-corrected chi connectivity index (χ2v) is 5.07. The van der Waals surface area contributed by atoms with Gasteiger partial charge in [-0.1, -0.05) is 23.7 Å². The molecule has 1 aromatic carbocycles. The normalized spacial score (nSPS) is 25.8. The van der Waals surface area contributed by atoms with Gasteiger partial charge in [0, 0.05) is 11.1 Å². The third kappa shape index (κ3) is 1.79. The Morgan fingerprint density at radius 3 is 2.73 bits per heavy atom. The van der Waals surface area contributed by atoms with Gasteiger partial charge in [0.2, 0.25) is 0 Å². The van der Waals surface area contributed by atoms with Crippen molar-refractivity contribution < 1.29 is 0 Å². The van der Waals surface area contributed by atoms with Gasteiger partial charge in [0.25, 0.3) is 0 Å². The van der Waals surface area contributed by atoms with E-state index < -0.39 is 0 Å². The van der Waals surface area contributed by atoms with Gasteiger partial charge in [0.1, 0.15) is 0 Å².